The van der Waals surface area contributed by atoms with Gasteiger partial charge in [-0.2, -0.15) is 11.3 Å². The summed E-state index contributed by atoms with van der Waals surface area (Å²) in [6.07, 6.45) is 3.59. The second-order valence-corrected chi connectivity index (χ2v) is 7.19. The Morgan fingerprint density at radius 2 is 2.12 bits per heavy atom. The van der Waals surface area contributed by atoms with Crippen molar-refractivity contribution >= 4 is 11.3 Å². The third-order valence-corrected chi connectivity index (χ3v) is 5.24. The van der Waals surface area contributed by atoms with Gasteiger partial charge in [-0.3, -0.25) is 14.6 Å². The zero-order valence-corrected chi connectivity index (χ0v) is 15.0. The summed E-state index contributed by atoms with van der Waals surface area (Å²) in [4.78, 5) is 6.47. The average Bonchev–Trinajstić information content (AvgIpc) is 3.26. The van der Waals surface area contributed by atoms with Crippen LogP contribution >= 0.6 is 11.3 Å². The number of pyridine rings is 1. The zero-order chi connectivity index (χ0) is 17.1. The van der Waals surface area contributed by atoms with Crippen LogP contribution in [-0.4, -0.2) is 38.0 Å². The lowest BCUT2D eigenvalue weighted by Crippen LogP contribution is -2.35. The van der Waals surface area contributed by atoms with Gasteiger partial charge in [-0.05, 0) is 40.1 Å². The van der Waals surface area contributed by atoms with Crippen LogP contribution in [0.25, 0.3) is 0 Å². The first-order chi connectivity index (χ1) is 12.3. The van der Waals surface area contributed by atoms with E-state index in [1.807, 2.05) is 23.9 Å². The SMILES string of the molecule is Cn1nnc2c1C(COCc1ccncc1)CN(Cc1ccsc1)C2. The normalized spacial score (nSPS) is 17.6. The molecule has 0 saturated carbocycles. The maximum atomic E-state index is 6.00. The highest BCUT2D eigenvalue weighted by molar-refractivity contribution is 7.07. The minimum Gasteiger partial charge on any atom is -0.376 e. The topological polar surface area (TPSA) is 56.1 Å². The molecule has 1 atom stereocenters. The van der Waals surface area contributed by atoms with Gasteiger partial charge in [0.15, 0.2) is 0 Å². The van der Waals surface area contributed by atoms with Gasteiger partial charge < -0.3 is 4.74 Å². The highest BCUT2D eigenvalue weighted by Gasteiger charge is 2.30. The van der Waals surface area contributed by atoms with Crippen LogP contribution in [0.5, 0.6) is 0 Å². The van der Waals surface area contributed by atoms with E-state index in [-0.39, 0.29) is 5.92 Å². The van der Waals surface area contributed by atoms with Crippen LogP contribution in [0.15, 0.2) is 41.4 Å². The first-order valence-electron chi connectivity index (χ1n) is 8.38. The van der Waals surface area contributed by atoms with E-state index < -0.39 is 0 Å². The third kappa shape index (κ3) is 3.78. The van der Waals surface area contributed by atoms with E-state index in [1.54, 1.807) is 23.7 Å². The van der Waals surface area contributed by atoms with Crippen molar-refractivity contribution < 1.29 is 4.74 Å². The van der Waals surface area contributed by atoms with Crippen LogP contribution < -0.4 is 0 Å². The summed E-state index contributed by atoms with van der Waals surface area (Å²) in [7, 11) is 1.97. The van der Waals surface area contributed by atoms with E-state index in [4.69, 9.17) is 4.74 Å². The molecular weight excluding hydrogens is 334 g/mol. The van der Waals surface area contributed by atoms with Crippen molar-refractivity contribution in [1.29, 1.82) is 0 Å². The molecule has 1 unspecified atom stereocenters. The molecule has 0 radical (unpaired) electrons. The molecule has 0 amide bonds. The van der Waals surface area contributed by atoms with Crippen LogP contribution in [0.4, 0.5) is 0 Å². The summed E-state index contributed by atoms with van der Waals surface area (Å²) >= 11 is 1.74. The Balaban J connectivity index is 1.44. The fourth-order valence-corrected chi connectivity index (χ4v) is 4.04. The smallest absolute Gasteiger partial charge is 0.100 e. The first kappa shape index (κ1) is 16.4. The predicted octanol–water partition coefficient (Wildman–Crippen LogP) is 2.59. The number of hydrogen-bond donors (Lipinski definition) is 0. The minimum atomic E-state index is 0.282. The quantitative estimate of drug-likeness (QED) is 0.680. The van der Waals surface area contributed by atoms with Crippen LogP contribution in [-0.2, 0) is 31.5 Å². The van der Waals surface area contributed by atoms with Gasteiger partial charge in [0, 0.05) is 45.0 Å². The molecule has 4 heterocycles. The molecule has 4 rings (SSSR count). The van der Waals surface area contributed by atoms with E-state index in [9.17, 15) is 0 Å². The van der Waals surface area contributed by atoms with E-state index >= 15 is 0 Å². The molecular formula is C18H21N5OS. The number of rotatable bonds is 6. The van der Waals surface area contributed by atoms with Gasteiger partial charge in [-0.25, -0.2) is 0 Å². The van der Waals surface area contributed by atoms with E-state index in [0.717, 1.165) is 30.9 Å². The zero-order valence-electron chi connectivity index (χ0n) is 14.2. The minimum absolute atomic E-state index is 0.282. The first-order valence-corrected chi connectivity index (χ1v) is 9.32. The van der Waals surface area contributed by atoms with Gasteiger partial charge >= 0.3 is 0 Å². The molecule has 6 nitrogen and oxygen atoms in total. The molecule has 0 fully saturated rings. The number of aryl methyl sites for hydroxylation is 1. The second-order valence-electron chi connectivity index (χ2n) is 6.41. The molecule has 25 heavy (non-hydrogen) atoms. The van der Waals surface area contributed by atoms with Crippen LogP contribution in [0.3, 0.4) is 0 Å². The Labute approximate surface area is 151 Å². The second kappa shape index (κ2) is 7.43. The van der Waals surface area contributed by atoms with Crippen molar-refractivity contribution in [3.05, 3.63) is 63.9 Å². The molecule has 7 heteroatoms. The molecule has 3 aromatic heterocycles. The van der Waals surface area contributed by atoms with Crippen molar-refractivity contribution in [3.63, 3.8) is 0 Å². The lowest BCUT2D eigenvalue weighted by atomic mass is 9.98. The van der Waals surface area contributed by atoms with Crippen LogP contribution in [0, 0.1) is 0 Å². The fraction of sp³-hybridized carbons (Fsp3) is 0.389. The maximum Gasteiger partial charge on any atom is 0.100 e. The van der Waals surface area contributed by atoms with Crippen molar-refractivity contribution in [2.24, 2.45) is 7.05 Å². The van der Waals surface area contributed by atoms with Crippen LogP contribution in [0.1, 0.15) is 28.4 Å². The Kier molecular flexibility index (Phi) is 4.87. The molecule has 0 N–H and O–H groups in total. The molecule has 0 saturated heterocycles. The van der Waals surface area contributed by atoms with Crippen molar-refractivity contribution in [1.82, 2.24) is 24.9 Å². The van der Waals surface area contributed by atoms with Gasteiger partial charge in [-0.15, -0.1) is 5.10 Å². The van der Waals surface area contributed by atoms with Crippen molar-refractivity contribution in [2.45, 2.75) is 25.6 Å². The Bertz CT molecular complexity index is 802. The molecule has 0 aliphatic carbocycles. The van der Waals surface area contributed by atoms with E-state index in [0.29, 0.717) is 13.2 Å². The summed E-state index contributed by atoms with van der Waals surface area (Å²) in [5, 5.41) is 12.9. The monoisotopic (exact) mass is 355 g/mol. The highest BCUT2D eigenvalue weighted by Crippen LogP contribution is 2.28. The number of aromatic nitrogens is 4. The number of ether oxygens (including phenoxy) is 1. The van der Waals surface area contributed by atoms with Crippen molar-refractivity contribution in [3.8, 4) is 0 Å². The number of thiophene rings is 1. The molecule has 0 bridgehead atoms. The molecule has 0 spiro atoms. The molecule has 0 aromatic carbocycles. The summed E-state index contributed by atoms with van der Waals surface area (Å²) in [6, 6.07) is 6.16. The van der Waals surface area contributed by atoms with Gasteiger partial charge in [0.05, 0.1) is 18.9 Å². The largest absolute Gasteiger partial charge is 0.376 e. The maximum absolute atomic E-state index is 6.00. The van der Waals surface area contributed by atoms with Gasteiger partial charge in [0.25, 0.3) is 0 Å². The third-order valence-electron chi connectivity index (χ3n) is 4.51. The molecule has 1 aliphatic rings. The van der Waals surface area contributed by atoms with Crippen LogP contribution in [0.2, 0.25) is 0 Å². The predicted molar refractivity (Wildman–Crippen MR) is 96.1 cm³/mol. The lowest BCUT2D eigenvalue weighted by Gasteiger charge is -2.32. The molecule has 130 valence electrons. The Morgan fingerprint density at radius 3 is 2.92 bits per heavy atom. The summed E-state index contributed by atoms with van der Waals surface area (Å²) < 4.78 is 7.90. The number of fused-ring (bicyclic) bond motifs is 1. The molecule has 1 aliphatic heterocycles. The number of hydrogen-bond acceptors (Lipinski definition) is 6. The standard InChI is InChI=1S/C18H21N5OS/c1-22-18-16(12-24-11-14-2-5-19-6-3-14)9-23(10-17(18)20-21-22)8-15-4-7-25-13-15/h2-7,13,16H,8-12H2,1H3. The van der Waals surface area contributed by atoms with Gasteiger partial charge in [0.2, 0.25) is 0 Å². The van der Waals surface area contributed by atoms with E-state index in [1.165, 1.54) is 11.3 Å². The summed E-state index contributed by atoms with van der Waals surface area (Å²) in [5.41, 5.74) is 4.77. The average molecular weight is 355 g/mol. The summed E-state index contributed by atoms with van der Waals surface area (Å²) in [5.74, 6) is 0.282. The fourth-order valence-electron chi connectivity index (χ4n) is 3.39. The lowest BCUT2D eigenvalue weighted by molar-refractivity contribution is 0.0829. The Hall–Kier alpha value is -2.09. The molecule has 3 aromatic rings. The van der Waals surface area contributed by atoms with Crippen molar-refractivity contribution in [2.75, 3.05) is 13.2 Å². The van der Waals surface area contributed by atoms with Gasteiger partial charge in [-0.1, -0.05) is 5.21 Å². The van der Waals surface area contributed by atoms with Gasteiger partial charge in [0.1, 0.15) is 5.69 Å². The van der Waals surface area contributed by atoms with E-state index in [2.05, 4.69) is 37.0 Å². The Morgan fingerprint density at radius 1 is 1.24 bits per heavy atom. The highest BCUT2D eigenvalue weighted by atomic mass is 32.1. The number of nitrogens with zero attached hydrogens (tertiary/aromatic N) is 5. The summed E-state index contributed by atoms with van der Waals surface area (Å²) in [6.45, 7) is 4.02.